The van der Waals surface area contributed by atoms with E-state index < -0.39 is 17.9 Å². The summed E-state index contributed by atoms with van der Waals surface area (Å²) in [7, 11) is 1.23. The van der Waals surface area contributed by atoms with Crippen molar-refractivity contribution in [2.45, 2.75) is 27.3 Å². The van der Waals surface area contributed by atoms with Gasteiger partial charge in [-0.25, -0.2) is 9.59 Å². The lowest BCUT2D eigenvalue weighted by molar-refractivity contribution is -0.123. The van der Waals surface area contributed by atoms with Crippen molar-refractivity contribution in [3.63, 3.8) is 0 Å². The van der Waals surface area contributed by atoms with Crippen molar-refractivity contribution in [3.05, 3.63) is 106 Å². The van der Waals surface area contributed by atoms with Gasteiger partial charge in [-0.3, -0.25) is 14.5 Å². The number of urea groups is 1. The zero-order valence-electron chi connectivity index (χ0n) is 24.1. The van der Waals surface area contributed by atoms with Crippen LogP contribution in [0.4, 0.5) is 10.5 Å². The van der Waals surface area contributed by atoms with Crippen LogP contribution in [0.15, 0.2) is 76.8 Å². The van der Waals surface area contributed by atoms with Crippen molar-refractivity contribution in [1.29, 1.82) is 0 Å². The van der Waals surface area contributed by atoms with Crippen LogP contribution >= 0.6 is 0 Å². The van der Waals surface area contributed by atoms with Crippen LogP contribution < -0.4 is 15.4 Å². The Labute approximate surface area is 247 Å². The fourth-order valence-corrected chi connectivity index (χ4v) is 4.71. The maximum Gasteiger partial charge on any atom is 0.373 e. The molecule has 0 spiro atoms. The van der Waals surface area contributed by atoms with Gasteiger partial charge < -0.3 is 29.1 Å². The van der Waals surface area contributed by atoms with E-state index in [9.17, 15) is 19.2 Å². The molecule has 4 aromatic rings. The monoisotopic (exact) mass is 582 g/mol. The molecule has 3 heterocycles. The van der Waals surface area contributed by atoms with Crippen LogP contribution in [0.25, 0.3) is 11.8 Å². The van der Waals surface area contributed by atoms with Gasteiger partial charge in [0, 0.05) is 22.8 Å². The summed E-state index contributed by atoms with van der Waals surface area (Å²) >= 11 is 0. The molecular weight excluding hydrogens is 552 g/mol. The number of carbonyl (C=O) groups excluding carboxylic acids is 4. The molecule has 1 aliphatic heterocycles. The number of anilines is 1. The van der Waals surface area contributed by atoms with Crippen LogP contribution in [0.2, 0.25) is 0 Å². The number of nitrogens with one attached hydrogen (secondary N) is 2. The summed E-state index contributed by atoms with van der Waals surface area (Å²) in [6.45, 7) is 5.56. The van der Waals surface area contributed by atoms with Crippen LogP contribution in [-0.2, 0) is 20.9 Å². The number of rotatable bonds is 9. The van der Waals surface area contributed by atoms with Crippen molar-refractivity contribution in [3.8, 4) is 11.4 Å². The van der Waals surface area contributed by atoms with Gasteiger partial charge in [-0.1, -0.05) is 17.7 Å². The molecule has 1 fully saturated rings. The van der Waals surface area contributed by atoms with Gasteiger partial charge in [-0.2, -0.15) is 0 Å². The highest BCUT2D eigenvalue weighted by Crippen LogP contribution is 2.26. The summed E-state index contributed by atoms with van der Waals surface area (Å²) < 4.78 is 17.7. The van der Waals surface area contributed by atoms with E-state index in [0.717, 1.165) is 33.1 Å². The standard InChI is InChI=1S/C32H30N4O7/c1-19-5-7-23(8-6-19)33-29(37)18-42-25-11-9-24(10-12-25)36-20(2)15-22(21(36)3)16-27-30(38)35(32(40)34-27)17-26-13-14-28(43-26)31(39)41-4/h5-16H,17-18H2,1-4H3,(H,33,37)(H,34,40)/b27-16-. The third kappa shape index (κ3) is 6.35. The van der Waals surface area contributed by atoms with E-state index in [1.54, 1.807) is 18.2 Å². The molecule has 2 aromatic heterocycles. The number of benzene rings is 2. The smallest absolute Gasteiger partial charge is 0.373 e. The van der Waals surface area contributed by atoms with Crippen LogP contribution in [0.5, 0.6) is 5.75 Å². The van der Waals surface area contributed by atoms with E-state index in [0.29, 0.717) is 11.4 Å². The number of hydrogen-bond acceptors (Lipinski definition) is 7. The van der Waals surface area contributed by atoms with Gasteiger partial charge in [-0.15, -0.1) is 0 Å². The van der Waals surface area contributed by atoms with Crippen molar-refractivity contribution < 1.29 is 33.1 Å². The third-order valence-electron chi connectivity index (χ3n) is 6.89. The molecule has 11 nitrogen and oxygen atoms in total. The zero-order chi connectivity index (χ0) is 30.7. The molecule has 1 saturated heterocycles. The highest BCUT2D eigenvalue weighted by atomic mass is 16.5. The second-order valence-corrected chi connectivity index (χ2v) is 10.00. The normalized spacial score (nSPS) is 13.8. The Morgan fingerprint density at radius 3 is 2.40 bits per heavy atom. The number of nitrogens with zero attached hydrogens (tertiary/aromatic N) is 2. The number of carbonyl (C=O) groups is 4. The number of furan rings is 1. The first-order valence-electron chi connectivity index (χ1n) is 13.4. The molecule has 5 rings (SSSR count). The van der Waals surface area contributed by atoms with Gasteiger partial charge in [0.15, 0.2) is 6.61 Å². The quantitative estimate of drug-likeness (QED) is 0.163. The fourth-order valence-electron chi connectivity index (χ4n) is 4.71. The van der Waals surface area contributed by atoms with Crippen molar-refractivity contribution in [2.24, 2.45) is 0 Å². The number of imide groups is 1. The molecule has 43 heavy (non-hydrogen) atoms. The zero-order valence-corrected chi connectivity index (χ0v) is 24.1. The summed E-state index contributed by atoms with van der Waals surface area (Å²) in [5.41, 5.74) is 5.31. The highest BCUT2D eigenvalue weighted by Gasteiger charge is 2.34. The van der Waals surface area contributed by atoms with Crippen LogP contribution in [0.3, 0.4) is 0 Å². The van der Waals surface area contributed by atoms with Gasteiger partial charge in [0.05, 0.1) is 13.7 Å². The van der Waals surface area contributed by atoms with Gasteiger partial charge in [0.1, 0.15) is 17.2 Å². The highest BCUT2D eigenvalue weighted by molar-refractivity contribution is 6.14. The van der Waals surface area contributed by atoms with Crippen molar-refractivity contribution >= 4 is 35.6 Å². The summed E-state index contributed by atoms with van der Waals surface area (Å²) in [6.07, 6.45) is 1.63. The van der Waals surface area contributed by atoms with Crippen LogP contribution in [0, 0.1) is 20.8 Å². The Hall–Kier alpha value is -5.58. The molecule has 2 aromatic carbocycles. The van der Waals surface area contributed by atoms with E-state index in [2.05, 4.69) is 15.4 Å². The average Bonchev–Trinajstić information content (AvgIpc) is 3.65. The predicted octanol–water partition coefficient (Wildman–Crippen LogP) is 4.89. The maximum absolute atomic E-state index is 13.0. The first-order valence-corrected chi connectivity index (χ1v) is 13.4. The van der Waals surface area contributed by atoms with E-state index >= 15 is 0 Å². The summed E-state index contributed by atoms with van der Waals surface area (Å²) in [5, 5.41) is 5.42. The molecule has 11 heteroatoms. The fraction of sp³-hybridized carbons (Fsp3) is 0.188. The number of amides is 4. The van der Waals surface area contributed by atoms with E-state index in [1.165, 1.54) is 19.2 Å². The maximum atomic E-state index is 13.0. The minimum Gasteiger partial charge on any atom is -0.484 e. The molecule has 1 aliphatic rings. The van der Waals surface area contributed by atoms with Crippen LogP contribution in [0.1, 0.15) is 38.8 Å². The summed E-state index contributed by atoms with van der Waals surface area (Å²) in [4.78, 5) is 50.5. The minimum atomic E-state index is -0.650. The molecule has 0 saturated carbocycles. The molecule has 0 unspecified atom stereocenters. The summed E-state index contributed by atoms with van der Waals surface area (Å²) in [5.74, 6) is -0.632. The molecule has 0 radical (unpaired) electrons. The van der Waals surface area contributed by atoms with E-state index in [4.69, 9.17) is 9.15 Å². The molecule has 0 atom stereocenters. The Bertz CT molecular complexity index is 1730. The Kier molecular flexibility index (Phi) is 8.15. The average molecular weight is 583 g/mol. The number of aromatic nitrogens is 1. The number of ether oxygens (including phenoxy) is 2. The Morgan fingerprint density at radius 2 is 1.70 bits per heavy atom. The Balaban J connectivity index is 1.24. The Morgan fingerprint density at radius 1 is 0.977 bits per heavy atom. The summed E-state index contributed by atoms with van der Waals surface area (Å²) in [6, 6.07) is 19.1. The lowest BCUT2D eigenvalue weighted by Gasteiger charge is -2.12. The SMILES string of the molecule is COC(=O)c1ccc(CN2C(=O)N/C(=C\c3cc(C)n(-c4ccc(OCC(=O)Nc5ccc(C)cc5)cc4)c3C)C2=O)o1. The molecule has 0 bridgehead atoms. The molecule has 220 valence electrons. The first-order chi connectivity index (χ1) is 20.6. The van der Waals surface area contributed by atoms with Gasteiger partial charge in [0.25, 0.3) is 11.8 Å². The van der Waals surface area contributed by atoms with Crippen molar-refractivity contribution in [2.75, 3.05) is 19.0 Å². The van der Waals surface area contributed by atoms with Crippen molar-refractivity contribution in [1.82, 2.24) is 14.8 Å². The lowest BCUT2D eigenvalue weighted by atomic mass is 10.2. The topological polar surface area (TPSA) is 132 Å². The van der Waals surface area contributed by atoms with Crippen LogP contribution in [-0.4, -0.2) is 47.0 Å². The molecule has 0 aliphatic carbocycles. The largest absolute Gasteiger partial charge is 0.484 e. The molecular formula is C32H30N4O7. The minimum absolute atomic E-state index is 0.0176. The second kappa shape index (κ2) is 12.1. The third-order valence-corrected chi connectivity index (χ3v) is 6.89. The van der Waals surface area contributed by atoms with E-state index in [1.807, 2.05) is 67.8 Å². The van der Waals surface area contributed by atoms with Gasteiger partial charge >= 0.3 is 12.0 Å². The van der Waals surface area contributed by atoms with Gasteiger partial charge in [0.2, 0.25) is 5.76 Å². The predicted molar refractivity (Wildman–Crippen MR) is 158 cm³/mol. The lowest BCUT2D eigenvalue weighted by Crippen LogP contribution is -2.30. The number of hydrogen-bond donors (Lipinski definition) is 2. The number of esters is 1. The number of aryl methyl sites for hydroxylation is 2. The molecule has 4 amide bonds. The molecule has 2 N–H and O–H groups in total. The van der Waals surface area contributed by atoms with Gasteiger partial charge in [-0.05, 0) is 87.0 Å². The number of methoxy groups -OCH3 is 1. The second-order valence-electron chi connectivity index (χ2n) is 10.00. The van der Waals surface area contributed by atoms with E-state index in [-0.39, 0.29) is 36.3 Å². The first kappa shape index (κ1) is 28.9.